The van der Waals surface area contributed by atoms with Crippen molar-refractivity contribution in [1.82, 2.24) is 9.80 Å². The first-order valence-corrected chi connectivity index (χ1v) is 7.97. The zero-order valence-corrected chi connectivity index (χ0v) is 14.1. The van der Waals surface area contributed by atoms with Crippen LogP contribution in [0.4, 0.5) is 4.79 Å². The van der Waals surface area contributed by atoms with E-state index in [2.05, 4.69) is 17.6 Å². The molecule has 1 amide bonds. The molecule has 1 atom stereocenters. The van der Waals surface area contributed by atoms with Gasteiger partial charge in [0.05, 0.1) is 0 Å². The normalized spacial score (nSPS) is 18.5. The van der Waals surface area contributed by atoms with E-state index >= 15 is 0 Å². The molecule has 0 aromatic carbocycles. The predicted octanol–water partition coefficient (Wildman–Crippen LogP) is 2.42. The van der Waals surface area contributed by atoms with Gasteiger partial charge in [-0.2, -0.15) is 0 Å². The second-order valence-electron chi connectivity index (χ2n) is 6.57. The van der Waals surface area contributed by atoms with Crippen molar-refractivity contribution in [3.05, 3.63) is 24.8 Å². The molecule has 5 nitrogen and oxygen atoms in total. The van der Waals surface area contributed by atoms with Gasteiger partial charge in [-0.3, -0.25) is 4.90 Å². The number of hydrogen-bond acceptors (Lipinski definition) is 4. The van der Waals surface area contributed by atoms with Gasteiger partial charge >= 0.3 is 6.09 Å². The van der Waals surface area contributed by atoms with Gasteiger partial charge in [0.1, 0.15) is 5.60 Å². The number of carbonyl (C=O) groups excluding carboxylic acids is 1. The Kier molecular flexibility index (Phi) is 7.62. The van der Waals surface area contributed by atoms with Gasteiger partial charge in [0, 0.05) is 38.8 Å². The molecule has 0 aliphatic carbocycles. The summed E-state index contributed by atoms with van der Waals surface area (Å²) in [6.45, 7) is 12.4. The summed E-state index contributed by atoms with van der Waals surface area (Å²) in [5.74, 6) is 0. The number of rotatable bonds is 6. The van der Waals surface area contributed by atoms with Gasteiger partial charge in [-0.1, -0.05) is 24.8 Å². The van der Waals surface area contributed by atoms with E-state index in [1.54, 1.807) is 11.0 Å². The summed E-state index contributed by atoms with van der Waals surface area (Å²) >= 11 is 0. The van der Waals surface area contributed by atoms with E-state index in [1.807, 2.05) is 26.8 Å². The fourth-order valence-corrected chi connectivity index (χ4v) is 2.53. The van der Waals surface area contributed by atoms with Crippen LogP contribution in [0, 0.1) is 0 Å². The highest BCUT2D eigenvalue weighted by Gasteiger charge is 2.28. The molecule has 1 heterocycles. The molecule has 1 aliphatic heterocycles. The molecule has 1 N–H and O–H groups in total. The minimum Gasteiger partial charge on any atom is -0.444 e. The number of aliphatic hydroxyl groups is 1. The molecule has 0 spiro atoms. The van der Waals surface area contributed by atoms with E-state index in [4.69, 9.17) is 4.74 Å². The summed E-state index contributed by atoms with van der Waals surface area (Å²) in [5, 5.41) is 9.24. The van der Waals surface area contributed by atoms with Gasteiger partial charge in [-0.25, -0.2) is 4.79 Å². The largest absolute Gasteiger partial charge is 0.444 e. The number of amides is 1. The fourth-order valence-electron chi connectivity index (χ4n) is 2.53. The summed E-state index contributed by atoms with van der Waals surface area (Å²) in [4.78, 5) is 16.1. The van der Waals surface area contributed by atoms with Gasteiger partial charge in [-0.15, -0.1) is 0 Å². The Bertz CT molecular complexity index is 380. The molecule has 1 aliphatic rings. The Hall–Kier alpha value is -1.33. The molecule has 1 rings (SSSR count). The number of carbonyl (C=O) groups is 1. The molecule has 1 unspecified atom stereocenters. The highest BCUT2D eigenvalue weighted by atomic mass is 16.6. The molecule has 0 bridgehead atoms. The van der Waals surface area contributed by atoms with Gasteiger partial charge in [0.25, 0.3) is 0 Å². The zero-order valence-electron chi connectivity index (χ0n) is 14.1. The van der Waals surface area contributed by atoms with Crippen molar-refractivity contribution >= 4 is 6.09 Å². The Morgan fingerprint density at radius 1 is 1.32 bits per heavy atom. The first-order chi connectivity index (χ1) is 10.4. The molecule has 0 aromatic rings. The summed E-state index contributed by atoms with van der Waals surface area (Å²) in [6.07, 6.45) is 7.16. The van der Waals surface area contributed by atoms with Crippen molar-refractivity contribution in [2.75, 3.05) is 32.8 Å². The maximum absolute atomic E-state index is 12.0. The number of aliphatic hydroxyl groups excluding tert-OH is 1. The lowest BCUT2D eigenvalue weighted by Gasteiger charge is -2.39. The van der Waals surface area contributed by atoms with Gasteiger partial charge < -0.3 is 14.7 Å². The summed E-state index contributed by atoms with van der Waals surface area (Å²) in [6, 6.07) is 0.307. The maximum Gasteiger partial charge on any atom is 0.410 e. The van der Waals surface area contributed by atoms with Crippen molar-refractivity contribution < 1.29 is 14.6 Å². The summed E-state index contributed by atoms with van der Waals surface area (Å²) in [7, 11) is 0. The summed E-state index contributed by atoms with van der Waals surface area (Å²) in [5.41, 5.74) is -0.455. The molecule has 126 valence electrons. The predicted molar refractivity (Wildman–Crippen MR) is 88.8 cm³/mol. The topological polar surface area (TPSA) is 53.0 Å². The zero-order chi connectivity index (χ0) is 16.6. The lowest BCUT2D eigenvalue weighted by molar-refractivity contribution is 0.00909. The smallest absolute Gasteiger partial charge is 0.410 e. The number of nitrogens with zero attached hydrogens (tertiary/aromatic N) is 2. The van der Waals surface area contributed by atoms with Crippen LogP contribution < -0.4 is 0 Å². The van der Waals surface area contributed by atoms with Crippen LogP contribution in [0.1, 0.15) is 33.6 Å². The van der Waals surface area contributed by atoms with Crippen molar-refractivity contribution in [2.24, 2.45) is 0 Å². The lowest BCUT2D eigenvalue weighted by atomic mass is 10.1. The van der Waals surface area contributed by atoms with Crippen molar-refractivity contribution in [3.8, 4) is 0 Å². The number of allylic oxidation sites excluding steroid dienone is 2. The van der Waals surface area contributed by atoms with Gasteiger partial charge in [0.2, 0.25) is 0 Å². The van der Waals surface area contributed by atoms with Gasteiger partial charge in [-0.05, 0) is 33.6 Å². The van der Waals surface area contributed by atoms with Gasteiger partial charge in [0.15, 0.2) is 0 Å². The molecule has 0 radical (unpaired) electrons. The highest BCUT2D eigenvalue weighted by Crippen LogP contribution is 2.16. The van der Waals surface area contributed by atoms with Crippen molar-refractivity contribution in [3.63, 3.8) is 0 Å². The highest BCUT2D eigenvalue weighted by molar-refractivity contribution is 5.68. The molecule has 1 fully saturated rings. The van der Waals surface area contributed by atoms with Crippen LogP contribution in [0.5, 0.6) is 0 Å². The van der Waals surface area contributed by atoms with E-state index in [9.17, 15) is 9.90 Å². The molecule has 22 heavy (non-hydrogen) atoms. The Morgan fingerprint density at radius 2 is 1.95 bits per heavy atom. The first kappa shape index (κ1) is 18.7. The van der Waals surface area contributed by atoms with Crippen LogP contribution in [-0.4, -0.2) is 65.4 Å². The molecule has 1 saturated heterocycles. The number of hydrogen-bond donors (Lipinski definition) is 1. The Morgan fingerprint density at radius 3 is 2.45 bits per heavy atom. The molecular formula is C17H30N2O3. The van der Waals surface area contributed by atoms with E-state index in [1.165, 1.54) is 0 Å². The monoisotopic (exact) mass is 310 g/mol. The van der Waals surface area contributed by atoms with Crippen LogP contribution in [0.15, 0.2) is 24.8 Å². The Balaban J connectivity index is 2.49. The quantitative estimate of drug-likeness (QED) is 0.766. The molecule has 5 heteroatoms. The SMILES string of the molecule is C=C/C=C\CC(CCO)N1CCN(C(=O)OC(C)(C)C)CC1. The van der Waals surface area contributed by atoms with E-state index < -0.39 is 5.60 Å². The molecular weight excluding hydrogens is 280 g/mol. The third kappa shape index (κ3) is 6.62. The van der Waals surface area contributed by atoms with Crippen LogP contribution in [-0.2, 0) is 4.74 Å². The standard InChI is InChI=1S/C17H30N2O3/c1-5-6-7-8-15(9-14-20)18-10-12-19(13-11-18)16(21)22-17(2,3)4/h5-7,15,20H,1,8-14H2,2-4H3/b7-6-. The molecule has 0 saturated carbocycles. The maximum atomic E-state index is 12.0. The minimum absolute atomic E-state index is 0.179. The van der Waals surface area contributed by atoms with Crippen LogP contribution in [0.2, 0.25) is 0 Å². The minimum atomic E-state index is -0.455. The van der Waals surface area contributed by atoms with E-state index in [0.717, 1.165) is 25.9 Å². The van der Waals surface area contributed by atoms with Crippen LogP contribution >= 0.6 is 0 Å². The number of ether oxygens (including phenoxy) is 1. The second-order valence-corrected chi connectivity index (χ2v) is 6.57. The van der Waals surface area contributed by atoms with Crippen molar-refractivity contribution in [1.29, 1.82) is 0 Å². The van der Waals surface area contributed by atoms with E-state index in [0.29, 0.717) is 19.1 Å². The average molecular weight is 310 g/mol. The second kappa shape index (κ2) is 8.96. The number of piperazine rings is 1. The van der Waals surface area contributed by atoms with Crippen molar-refractivity contribution in [2.45, 2.75) is 45.3 Å². The fraction of sp³-hybridized carbons (Fsp3) is 0.706. The Labute approximate surface area is 134 Å². The van der Waals surface area contributed by atoms with Crippen LogP contribution in [0.3, 0.4) is 0 Å². The summed E-state index contributed by atoms with van der Waals surface area (Å²) < 4.78 is 5.41. The molecule has 0 aromatic heterocycles. The average Bonchev–Trinajstić information content (AvgIpc) is 2.45. The first-order valence-electron chi connectivity index (χ1n) is 7.97. The van der Waals surface area contributed by atoms with E-state index in [-0.39, 0.29) is 12.7 Å². The van der Waals surface area contributed by atoms with Crippen LogP contribution in [0.25, 0.3) is 0 Å². The third-order valence-corrected chi connectivity index (χ3v) is 3.63. The third-order valence-electron chi connectivity index (χ3n) is 3.63. The lowest BCUT2D eigenvalue weighted by Crippen LogP contribution is -2.52.